The number of aliphatic hydroxyl groups excluding tert-OH is 1. The Labute approximate surface area is 122 Å². The number of hydrogen-bond acceptors (Lipinski definition) is 3. The molecule has 1 aliphatic carbocycles. The van der Waals surface area contributed by atoms with E-state index in [1.165, 1.54) is 0 Å². The second kappa shape index (κ2) is 5.09. The molecule has 0 aliphatic heterocycles. The van der Waals surface area contributed by atoms with Crippen molar-refractivity contribution in [1.29, 1.82) is 0 Å². The van der Waals surface area contributed by atoms with Crippen molar-refractivity contribution in [2.24, 2.45) is 0 Å². The molecule has 0 amide bonds. The molecule has 2 aromatic carbocycles. The van der Waals surface area contributed by atoms with Crippen molar-refractivity contribution in [1.82, 2.24) is 0 Å². The van der Waals surface area contributed by atoms with Crippen molar-refractivity contribution in [3.8, 4) is 16.9 Å². The van der Waals surface area contributed by atoms with Gasteiger partial charge in [-0.1, -0.05) is 12.1 Å². The summed E-state index contributed by atoms with van der Waals surface area (Å²) in [6.45, 7) is 1.83. The fraction of sp³-hybridized carbons (Fsp3) is 0.167. The number of allylic oxidation sites excluding steroid dienone is 4. The molecule has 0 heterocycles. The summed E-state index contributed by atoms with van der Waals surface area (Å²) in [7, 11) is 0. The van der Waals surface area contributed by atoms with Gasteiger partial charge in [-0.25, -0.2) is 0 Å². The first-order valence-corrected chi connectivity index (χ1v) is 6.95. The van der Waals surface area contributed by atoms with Gasteiger partial charge in [0.25, 0.3) is 0 Å². The maximum absolute atomic E-state index is 12.0. The number of rotatable bonds is 2. The lowest BCUT2D eigenvalue weighted by atomic mass is 9.95. The Morgan fingerprint density at radius 1 is 1.29 bits per heavy atom. The van der Waals surface area contributed by atoms with Gasteiger partial charge in [0.2, 0.25) is 0 Å². The Hall–Kier alpha value is -2.55. The SMILES string of the molecule is C\C=C/C(O)=C\C1=C\c2c(c2=O)-c2ccc(O)cc2CC1. The van der Waals surface area contributed by atoms with Gasteiger partial charge in [0.05, 0.1) is 0 Å². The lowest BCUT2D eigenvalue weighted by Crippen LogP contribution is -1.93. The Morgan fingerprint density at radius 2 is 2.10 bits per heavy atom. The molecule has 0 fully saturated rings. The Balaban J connectivity index is 2.03. The van der Waals surface area contributed by atoms with Crippen molar-refractivity contribution < 1.29 is 10.2 Å². The second-order valence-electron chi connectivity index (χ2n) is 5.25. The van der Waals surface area contributed by atoms with Crippen LogP contribution in [0.15, 0.2) is 52.6 Å². The van der Waals surface area contributed by atoms with E-state index in [9.17, 15) is 15.0 Å². The number of benzene rings is 1. The number of fused-ring (bicyclic) bond motifs is 3. The van der Waals surface area contributed by atoms with E-state index in [1.54, 1.807) is 36.4 Å². The molecule has 0 saturated carbocycles. The summed E-state index contributed by atoms with van der Waals surface area (Å²) in [5.41, 5.74) is 4.31. The lowest BCUT2D eigenvalue weighted by Gasteiger charge is -2.10. The zero-order valence-corrected chi connectivity index (χ0v) is 11.8. The molecule has 3 heteroatoms. The number of hydrogen-bond donors (Lipinski definition) is 2. The second-order valence-corrected chi connectivity index (χ2v) is 5.25. The van der Waals surface area contributed by atoms with Gasteiger partial charge in [-0.3, -0.25) is 4.79 Å². The molecule has 0 radical (unpaired) electrons. The van der Waals surface area contributed by atoms with Crippen LogP contribution in [0.5, 0.6) is 5.75 Å². The third kappa shape index (κ3) is 2.55. The van der Waals surface area contributed by atoms with Crippen LogP contribution in [0.25, 0.3) is 17.2 Å². The first kappa shape index (κ1) is 13.4. The molecule has 2 aromatic rings. The number of aryl methyl sites for hydroxylation is 1. The predicted octanol–water partition coefficient (Wildman–Crippen LogP) is 3.64. The Kier molecular flexibility index (Phi) is 3.26. The largest absolute Gasteiger partial charge is 0.508 e. The smallest absolute Gasteiger partial charge is 0.195 e. The van der Waals surface area contributed by atoms with Gasteiger partial charge >= 0.3 is 0 Å². The van der Waals surface area contributed by atoms with E-state index >= 15 is 0 Å². The Morgan fingerprint density at radius 3 is 2.86 bits per heavy atom. The van der Waals surface area contributed by atoms with Crippen LogP contribution in [0.3, 0.4) is 0 Å². The van der Waals surface area contributed by atoms with Gasteiger partial charge in [0.1, 0.15) is 11.5 Å². The first-order chi connectivity index (χ1) is 10.1. The number of phenolic OH excluding ortho intramolecular Hbond substituents is 1. The fourth-order valence-electron chi connectivity index (χ4n) is 2.68. The summed E-state index contributed by atoms with van der Waals surface area (Å²) < 4.78 is 0. The van der Waals surface area contributed by atoms with Crippen LogP contribution < -0.4 is 5.43 Å². The minimum absolute atomic E-state index is 0.0558. The van der Waals surface area contributed by atoms with Crippen LogP contribution in [-0.4, -0.2) is 10.2 Å². The van der Waals surface area contributed by atoms with Crippen LogP contribution in [0.1, 0.15) is 24.5 Å². The molecule has 2 N–H and O–H groups in total. The van der Waals surface area contributed by atoms with Crippen molar-refractivity contribution >= 4 is 6.08 Å². The summed E-state index contributed by atoms with van der Waals surface area (Å²) in [4.78, 5) is 12.0. The highest BCUT2D eigenvalue weighted by Gasteiger charge is 2.26. The zero-order chi connectivity index (χ0) is 15.0. The highest BCUT2D eigenvalue weighted by Crippen LogP contribution is 2.36. The molecule has 3 rings (SSSR count). The molecule has 21 heavy (non-hydrogen) atoms. The molecule has 0 aromatic heterocycles. The van der Waals surface area contributed by atoms with E-state index in [0.29, 0.717) is 12.0 Å². The molecular formula is C18H16O3. The van der Waals surface area contributed by atoms with Crippen molar-refractivity contribution in [2.75, 3.05) is 0 Å². The van der Waals surface area contributed by atoms with Crippen LogP contribution >= 0.6 is 0 Å². The number of aromatic hydroxyl groups is 1. The lowest BCUT2D eigenvalue weighted by molar-refractivity contribution is 0.431. The van der Waals surface area contributed by atoms with Gasteiger partial charge in [0, 0.05) is 11.1 Å². The summed E-state index contributed by atoms with van der Waals surface area (Å²) >= 11 is 0. The van der Waals surface area contributed by atoms with Gasteiger partial charge in [-0.2, -0.15) is 0 Å². The van der Waals surface area contributed by atoms with Crippen LogP contribution in [0, 0.1) is 0 Å². The molecule has 3 nitrogen and oxygen atoms in total. The maximum Gasteiger partial charge on any atom is 0.195 e. The van der Waals surface area contributed by atoms with Gasteiger partial charge < -0.3 is 10.2 Å². The van der Waals surface area contributed by atoms with E-state index in [-0.39, 0.29) is 16.9 Å². The van der Waals surface area contributed by atoms with E-state index < -0.39 is 0 Å². The van der Waals surface area contributed by atoms with Crippen molar-refractivity contribution in [2.45, 2.75) is 19.8 Å². The van der Waals surface area contributed by atoms with E-state index in [0.717, 1.165) is 28.7 Å². The van der Waals surface area contributed by atoms with Gasteiger partial charge in [-0.05, 0) is 66.8 Å². The van der Waals surface area contributed by atoms with Crippen LogP contribution in [-0.2, 0) is 6.42 Å². The van der Waals surface area contributed by atoms with Crippen LogP contribution in [0.2, 0.25) is 0 Å². The summed E-state index contributed by atoms with van der Waals surface area (Å²) in [6.07, 6.45) is 8.34. The standard InChI is InChI=1S/C18H16O3/c1-2-3-13(19)8-11-4-5-12-10-14(20)6-7-15(12)17-16(9-11)18(17)21/h2-3,6-10,19-20H,4-5H2,1H3/b3-2-,11-9+,13-8+. The highest BCUT2D eigenvalue weighted by molar-refractivity contribution is 5.88. The Bertz CT molecular complexity index is 797. The molecule has 0 bridgehead atoms. The molecule has 0 atom stereocenters. The molecule has 0 unspecified atom stereocenters. The summed E-state index contributed by atoms with van der Waals surface area (Å²) in [5, 5.41) is 19.4. The number of aliphatic hydroxyl groups is 1. The third-order valence-electron chi connectivity index (χ3n) is 3.72. The minimum atomic E-state index is 0.0558. The number of phenols is 1. The van der Waals surface area contributed by atoms with Crippen LogP contribution in [0.4, 0.5) is 0 Å². The average Bonchev–Trinajstić information content (AvgIpc) is 3.03. The summed E-state index contributed by atoms with van der Waals surface area (Å²) in [5.74, 6) is 0.387. The topological polar surface area (TPSA) is 57.5 Å². The molecule has 0 spiro atoms. The molecule has 0 saturated heterocycles. The van der Waals surface area contributed by atoms with Crippen molar-refractivity contribution in [3.05, 3.63) is 69.1 Å². The minimum Gasteiger partial charge on any atom is -0.508 e. The monoisotopic (exact) mass is 280 g/mol. The summed E-state index contributed by atoms with van der Waals surface area (Å²) in [6, 6.07) is 5.12. The van der Waals surface area contributed by atoms with Gasteiger partial charge in [-0.15, -0.1) is 0 Å². The molecular weight excluding hydrogens is 264 g/mol. The first-order valence-electron chi connectivity index (χ1n) is 6.95. The fourth-order valence-corrected chi connectivity index (χ4v) is 2.68. The highest BCUT2D eigenvalue weighted by atomic mass is 16.3. The predicted molar refractivity (Wildman–Crippen MR) is 84.0 cm³/mol. The normalized spacial score (nSPS) is 18.0. The molecule has 1 aliphatic rings. The van der Waals surface area contributed by atoms with Gasteiger partial charge in [0.15, 0.2) is 5.43 Å². The molecule has 106 valence electrons. The maximum atomic E-state index is 12.0. The quantitative estimate of drug-likeness (QED) is 0.652. The van der Waals surface area contributed by atoms with Crippen molar-refractivity contribution in [3.63, 3.8) is 0 Å². The zero-order valence-electron chi connectivity index (χ0n) is 11.8. The third-order valence-corrected chi connectivity index (χ3v) is 3.72. The average molecular weight is 280 g/mol. The van der Waals surface area contributed by atoms with E-state index in [2.05, 4.69) is 0 Å². The van der Waals surface area contributed by atoms with E-state index in [1.807, 2.05) is 13.0 Å². The van der Waals surface area contributed by atoms with E-state index in [4.69, 9.17) is 0 Å².